The molecule has 0 aliphatic carbocycles. The summed E-state index contributed by atoms with van der Waals surface area (Å²) in [7, 11) is 8.12. The van der Waals surface area contributed by atoms with E-state index in [1.165, 1.54) is 26.6 Å². The first-order valence-corrected chi connectivity index (χ1v) is 9.78. The van der Waals surface area contributed by atoms with E-state index >= 15 is 0 Å². The molecule has 1 N–H and O–H groups in total. The zero-order chi connectivity index (χ0) is 20.7. The molecule has 2 rings (SSSR count). The van der Waals surface area contributed by atoms with E-state index < -0.39 is 0 Å². The number of aryl methyl sites for hydroxylation is 1. The number of aliphatic hydroxyl groups is 1. The minimum atomic E-state index is 0.0833. The van der Waals surface area contributed by atoms with Gasteiger partial charge in [-0.2, -0.15) is 0 Å². The normalized spacial score (nSPS) is 9.11. The molecule has 0 heterocycles. The average molecular weight is 482 g/mol. The van der Waals surface area contributed by atoms with Crippen LogP contribution in [0.3, 0.4) is 0 Å². The summed E-state index contributed by atoms with van der Waals surface area (Å²) in [5, 5.41) is 7.76. The Kier molecular flexibility index (Phi) is 14.2. The van der Waals surface area contributed by atoms with Gasteiger partial charge < -0.3 is 19.7 Å². The van der Waals surface area contributed by atoms with E-state index in [0.717, 1.165) is 12.7 Å². The lowest BCUT2D eigenvalue weighted by Gasteiger charge is -2.12. The first kappa shape index (κ1) is 25.1. The second kappa shape index (κ2) is 15.2. The van der Waals surface area contributed by atoms with Gasteiger partial charge in [-0.05, 0) is 71.0 Å². The summed E-state index contributed by atoms with van der Waals surface area (Å²) in [6, 6.07) is 16.7. The highest BCUT2D eigenvalue weighted by Gasteiger charge is 1.95. The number of nitrogens with zero attached hydrogens (tertiary/aromatic N) is 2. The number of aliphatic hydroxyl groups excluding tert-OH is 1. The predicted octanol–water partition coefficient (Wildman–Crippen LogP) is 4.41. The van der Waals surface area contributed by atoms with Crippen molar-refractivity contribution < 1.29 is 9.90 Å². The third kappa shape index (κ3) is 12.2. The van der Waals surface area contributed by atoms with Gasteiger partial charge in [0, 0.05) is 49.6 Å². The lowest BCUT2D eigenvalue weighted by atomic mass is 10.1. The van der Waals surface area contributed by atoms with Crippen molar-refractivity contribution in [3.05, 3.63) is 70.3 Å². The summed E-state index contributed by atoms with van der Waals surface area (Å²) in [6.45, 7) is 3.31. The van der Waals surface area contributed by atoms with E-state index in [4.69, 9.17) is 5.11 Å². The number of aldehydes is 1. The summed E-state index contributed by atoms with van der Waals surface area (Å²) in [5.41, 5.74) is 3.66. The third-order valence-corrected chi connectivity index (χ3v) is 4.19. The van der Waals surface area contributed by atoms with Crippen molar-refractivity contribution in [3.63, 3.8) is 0 Å². The van der Waals surface area contributed by atoms with E-state index in [2.05, 4.69) is 87.5 Å². The summed E-state index contributed by atoms with van der Waals surface area (Å²) in [5.74, 6) is 0. The minimum Gasteiger partial charge on any atom is -0.392 e. The quantitative estimate of drug-likeness (QED) is 0.377. The van der Waals surface area contributed by atoms with E-state index in [-0.39, 0.29) is 6.61 Å². The van der Waals surface area contributed by atoms with Crippen molar-refractivity contribution >= 4 is 40.3 Å². The van der Waals surface area contributed by atoms with Crippen molar-refractivity contribution in [1.29, 1.82) is 0 Å². The van der Waals surface area contributed by atoms with E-state index in [1.807, 2.05) is 28.2 Å². The standard InChI is InChI=1S/C11H15NO.C8H10IN.C3H6O/c1-12(2)11-7-5-10(6-8-11)4-3-9-13;1-10(2)8-5-3-7(9)4-6-8;1-2-3-4/h5-9H,3-4H2,1-2H3;3-6H,1-2H3;2,4H,1,3H2. The van der Waals surface area contributed by atoms with Gasteiger partial charge in [0.25, 0.3) is 0 Å². The first-order chi connectivity index (χ1) is 12.8. The monoisotopic (exact) mass is 482 g/mol. The zero-order valence-corrected chi connectivity index (χ0v) is 18.9. The Morgan fingerprint density at radius 2 is 1.33 bits per heavy atom. The molecule has 0 spiro atoms. The Balaban J connectivity index is 0.000000428. The number of hydrogen-bond acceptors (Lipinski definition) is 4. The fourth-order valence-corrected chi connectivity index (χ4v) is 2.29. The molecule has 4 nitrogen and oxygen atoms in total. The predicted molar refractivity (Wildman–Crippen MR) is 126 cm³/mol. The molecule has 0 saturated heterocycles. The van der Waals surface area contributed by atoms with Gasteiger partial charge in [-0.1, -0.05) is 18.2 Å². The van der Waals surface area contributed by atoms with Crippen LogP contribution in [0.1, 0.15) is 12.0 Å². The number of carbonyl (C=O) groups is 1. The van der Waals surface area contributed by atoms with Crippen LogP contribution in [0, 0.1) is 3.57 Å². The Labute approximate surface area is 177 Å². The van der Waals surface area contributed by atoms with Crippen LogP contribution in [0.25, 0.3) is 0 Å². The van der Waals surface area contributed by atoms with Gasteiger partial charge >= 0.3 is 0 Å². The van der Waals surface area contributed by atoms with Crippen LogP contribution in [-0.4, -0.2) is 46.2 Å². The maximum Gasteiger partial charge on any atom is 0.120 e. The molecule has 0 radical (unpaired) electrons. The summed E-state index contributed by atoms with van der Waals surface area (Å²) < 4.78 is 1.28. The van der Waals surface area contributed by atoms with Gasteiger partial charge in [-0.25, -0.2) is 0 Å². The van der Waals surface area contributed by atoms with Crippen LogP contribution >= 0.6 is 22.6 Å². The summed E-state index contributed by atoms with van der Waals surface area (Å²) in [6.07, 6.45) is 3.85. The molecular weight excluding hydrogens is 451 g/mol. The van der Waals surface area contributed by atoms with Gasteiger partial charge in [0.05, 0.1) is 6.61 Å². The van der Waals surface area contributed by atoms with E-state index in [0.29, 0.717) is 6.42 Å². The Hall–Kier alpha value is -1.86. The first-order valence-electron chi connectivity index (χ1n) is 8.70. The molecule has 0 amide bonds. The van der Waals surface area contributed by atoms with Gasteiger partial charge in [0.15, 0.2) is 0 Å². The number of rotatable bonds is 6. The number of benzene rings is 2. The van der Waals surface area contributed by atoms with Crippen LogP contribution in [0.4, 0.5) is 11.4 Å². The molecule has 148 valence electrons. The molecule has 0 saturated carbocycles. The highest BCUT2D eigenvalue weighted by atomic mass is 127. The molecule has 0 aliphatic heterocycles. The Bertz CT molecular complexity index is 638. The van der Waals surface area contributed by atoms with E-state index in [9.17, 15) is 4.79 Å². The van der Waals surface area contributed by atoms with Crippen LogP contribution in [0.5, 0.6) is 0 Å². The van der Waals surface area contributed by atoms with Crippen LogP contribution < -0.4 is 9.80 Å². The van der Waals surface area contributed by atoms with Crippen molar-refractivity contribution in [2.24, 2.45) is 0 Å². The summed E-state index contributed by atoms with van der Waals surface area (Å²) in [4.78, 5) is 14.3. The third-order valence-electron chi connectivity index (χ3n) is 3.48. The van der Waals surface area contributed by atoms with Crippen molar-refractivity contribution in [2.75, 3.05) is 44.6 Å². The van der Waals surface area contributed by atoms with Crippen molar-refractivity contribution in [3.8, 4) is 0 Å². The fraction of sp³-hybridized carbons (Fsp3) is 0.318. The second-order valence-electron chi connectivity index (χ2n) is 6.11. The largest absolute Gasteiger partial charge is 0.392 e. The van der Waals surface area contributed by atoms with Crippen molar-refractivity contribution in [1.82, 2.24) is 0 Å². The second-order valence-corrected chi connectivity index (χ2v) is 7.35. The fourth-order valence-electron chi connectivity index (χ4n) is 1.93. The average Bonchev–Trinajstić information content (AvgIpc) is 2.67. The molecule has 2 aromatic carbocycles. The molecule has 2 aromatic rings. The molecule has 27 heavy (non-hydrogen) atoms. The topological polar surface area (TPSA) is 43.8 Å². The van der Waals surface area contributed by atoms with Gasteiger partial charge in [0.2, 0.25) is 0 Å². The number of hydrogen-bond donors (Lipinski definition) is 1. The van der Waals surface area contributed by atoms with E-state index in [1.54, 1.807) is 0 Å². The number of halogens is 1. The molecule has 0 aromatic heterocycles. The smallest absolute Gasteiger partial charge is 0.120 e. The molecule has 0 atom stereocenters. The summed E-state index contributed by atoms with van der Waals surface area (Å²) >= 11 is 2.30. The molecule has 0 unspecified atom stereocenters. The van der Waals surface area contributed by atoms with Crippen molar-refractivity contribution in [2.45, 2.75) is 12.8 Å². The SMILES string of the molecule is C=CCO.CN(C)c1ccc(CCC=O)cc1.CN(C)c1ccc(I)cc1. The maximum absolute atomic E-state index is 10.1. The van der Waals surface area contributed by atoms with Gasteiger partial charge in [0.1, 0.15) is 6.29 Å². The number of anilines is 2. The van der Waals surface area contributed by atoms with Crippen LogP contribution in [-0.2, 0) is 11.2 Å². The van der Waals surface area contributed by atoms with Crippen LogP contribution in [0.2, 0.25) is 0 Å². The molecule has 0 bridgehead atoms. The van der Waals surface area contributed by atoms with Crippen LogP contribution in [0.15, 0.2) is 61.2 Å². The number of carbonyl (C=O) groups excluding carboxylic acids is 1. The molecule has 5 heteroatoms. The maximum atomic E-state index is 10.1. The lowest BCUT2D eigenvalue weighted by Crippen LogP contribution is -2.08. The molecular formula is C22H31IN2O2. The zero-order valence-electron chi connectivity index (χ0n) is 16.7. The lowest BCUT2D eigenvalue weighted by molar-refractivity contribution is -0.107. The van der Waals surface area contributed by atoms with Gasteiger partial charge in [-0.3, -0.25) is 0 Å². The highest BCUT2D eigenvalue weighted by Crippen LogP contribution is 2.13. The van der Waals surface area contributed by atoms with Gasteiger partial charge in [-0.15, -0.1) is 6.58 Å². The Morgan fingerprint density at radius 1 is 0.926 bits per heavy atom. The highest BCUT2D eigenvalue weighted by molar-refractivity contribution is 14.1. The molecule has 0 fully saturated rings. The minimum absolute atomic E-state index is 0.0833. The molecule has 0 aliphatic rings. The Morgan fingerprint density at radius 3 is 1.67 bits per heavy atom.